The molecule has 2 atom stereocenters. The zero-order valence-electron chi connectivity index (χ0n) is 11.6. The van der Waals surface area contributed by atoms with Gasteiger partial charge in [0.15, 0.2) is 0 Å². The van der Waals surface area contributed by atoms with Crippen molar-refractivity contribution in [2.45, 2.75) is 32.4 Å². The average molecular weight is 309 g/mol. The van der Waals surface area contributed by atoms with Crippen molar-refractivity contribution in [1.29, 1.82) is 0 Å². The standard InChI is InChI=1S/C15H19NO2S2/c1-10(2)14(15(17)18)16-12(13-6-4-8-20-13)9-11-5-3-7-19-11/h3-8,10,12,14,16H,9H2,1-2H3,(H,17,18). The van der Waals surface area contributed by atoms with Gasteiger partial charge in [-0.1, -0.05) is 26.0 Å². The lowest BCUT2D eigenvalue weighted by molar-refractivity contribution is -0.140. The lowest BCUT2D eigenvalue weighted by atomic mass is 10.0. The lowest BCUT2D eigenvalue weighted by Gasteiger charge is -2.24. The van der Waals surface area contributed by atoms with Crippen molar-refractivity contribution < 1.29 is 9.90 Å². The Morgan fingerprint density at radius 3 is 2.45 bits per heavy atom. The number of nitrogens with one attached hydrogen (secondary N) is 1. The minimum absolute atomic E-state index is 0.0529. The molecule has 0 amide bonds. The molecular formula is C15H19NO2S2. The molecule has 2 N–H and O–H groups in total. The number of carbonyl (C=O) groups is 1. The van der Waals surface area contributed by atoms with E-state index >= 15 is 0 Å². The van der Waals surface area contributed by atoms with Crippen LogP contribution in [0, 0.1) is 5.92 Å². The Labute approximate surface area is 127 Å². The van der Waals surface area contributed by atoms with Crippen LogP contribution < -0.4 is 5.32 Å². The van der Waals surface area contributed by atoms with Crippen LogP contribution in [0.25, 0.3) is 0 Å². The molecule has 0 spiro atoms. The highest BCUT2D eigenvalue weighted by Crippen LogP contribution is 2.26. The van der Waals surface area contributed by atoms with Gasteiger partial charge in [-0.05, 0) is 28.8 Å². The summed E-state index contributed by atoms with van der Waals surface area (Å²) in [5, 5.41) is 16.8. The van der Waals surface area contributed by atoms with Crippen LogP contribution in [-0.2, 0) is 11.2 Å². The molecule has 0 saturated carbocycles. The molecule has 0 aromatic carbocycles. The van der Waals surface area contributed by atoms with Crippen molar-refractivity contribution in [3.8, 4) is 0 Å². The first-order valence-electron chi connectivity index (χ1n) is 6.62. The summed E-state index contributed by atoms with van der Waals surface area (Å²) in [6, 6.07) is 7.73. The van der Waals surface area contributed by atoms with Crippen LogP contribution in [0.1, 0.15) is 29.6 Å². The highest BCUT2D eigenvalue weighted by molar-refractivity contribution is 7.10. The summed E-state index contributed by atoms with van der Waals surface area (Å²) in [5.41, 5.74) is 0. The summed E-state index contributed by atoms with van der Waals surface area (Å²) in [6.07, 6.45) is 0.828. The monoisotopic (exact) mass is 309 g/mol. The number of aliphatic carboxylic acids is 1. The predicted molar refractivity (Wildman–Crippen MR) is 84.5 cm³/mol. The van der Waals surface area contributed by atoms with Crippen LogP contribution in [0.3, 0.4) is 0 Å². The van der Waals surface area contributed by atoms with Crippen molar-refractivity contribution in [2.24, 2.45) is 5.92 Å². The van der Waals surface area contributed by atoms with E-state index in [9.17, 15) is 9.90 Å². The quantitative estimate of drug-likeness (QED) is 0.818. The molecule has 2 unspecified atom stereocenters. The van der Waals surface area contributed by atoms with Crippen LogP contribution in [0.2, 0.25) is 0 Å². The second-order valence-electron chi connectivity index (χ2n) is 5.08. The van der Waals surface area contributed by atoms with E-state index in [1.54, 1.807) is 22.7 Å². The molecule has 108 valence electrons. The molecule has 2 aromatic heterocycles. The van der Waals surface area contributed by atoms with Crippen molar-refractivity contribution in [1.82, 2.24) is 5.32 Å². The van der Waals surface area contributed by atoms with E-state index in [-0.39, 0.29) is 12.0 Å². The highest BCUT2D eigenvalue weighted by Gasteiger charge is 2.26. The zero-order valence-corrected chi connectivity index (χ0v) is 13.2. The van der Waals surface area contributed by atoms with E-state index in [1.807, 2.05) is 31.4 Å². The third kappa shape index (κ3) is 3.91. The Bertz CT molecular complexity index is 520. The van der Waals surface area contributed by atoms with Crippen LogP contribution in [-0.4, -0.2) is 17.1 Å². The van der Waals surface area contributed by atoms with Gasteiger partial charge in [0.2, 0.25) is 0 Å². The number of hydrogen-bond acceptors (Lipinski definition) is 4. The summed E-state index contributed by atoms with van der Waals surface area (Å²) in [4.78, 5) is 13.8. The number of rotatable bonds is 7. The fourth-order valence-electron chi connectivity index (χ4n) is 2.13. The Balaban J connectivity index is 2.16. The van der Waals surface area contributed by atoms with E-state index < -0.39 is 12.0 Å². The fraction of sp³-hybridized carbons (Fsp3) is 0.400. The third-order valence-corrected chi connectivity index (χ3v) is 5.07. The maximum atomic E-state index is 11.4. The molecule has 0 saturated heterocycles. The molecule has 0 aliphatic heterocycles. The van der Waals surface area contributed by atoms with E-state index in [2.05, 4.69) is 22.8 Å². The minimum Gasteiger partial charge on any atom is -0.480 e. The molecule has 2 aromatic rings. The van der Waals surface area contributed by atoms with Gasteiger partial charge in [-0.3, -0.25) is 10.1 Å². The van der Waals surface area contributed by atoms with Crippen molar-refractivity contribution in [2.75, 3.05) is 0 Å². The SMILES string of the molecule is CC(C)C(NC(Cc1cccs1)c1cccs1)C(=O)O. The zero-order chi connectivity index (χ0) is 14.5. The largest absolute Gasteiger partial charge is 0.480 e. The van der Waals surface area contributed by atoms with Gasteiger partial charge in [-0.2, -0.15) is 0 Å². The smallest absolute Gasteiger partial charge is 0.320 e. The van der Waals surface area contributed by atoms with Crippen LogP contribution in [0.15, 0.2) is 35.0 Å². The number of hydrogen-bond donors (Lipinski definition) is 2. The van der Waals surface area contributed by atoms with Crippen LogP contribution in [0.4, 0.5) is 0 Å². The molecule has 3 nitrogen and oxygen atoms in total. The Kier molecular flexibility index (Phi) is 5.34. The average Bonchev–Trinajstić information content (AvgIpc) is 3.05. The second-order valence-corrected chi connectivity index (χ2v) is 7.09. The molecule has 2 heterocycles. The van der Waals surface area contributed by atoms with Crippen molar-refractivity contribution in [3.05, 3.63) is 44.8 Å². The first-order valence-corrected chi connectivity index (χ1v) is 8.38. The van der Waals surface area contributed by atoms with Gasteiger partial charge in [0.25, 0.3) is 0 Å². The van der Waals surface area contributed by atoms with E-state index in [4.69, 9.17) is 0 Å². The molecule has 20 heavy (non-hydrogen) atoms. The van der Waals surface area contributed by atoms with Crippen LogP contribution >= 0.6 is 22.7 Å². The normalized spacial score (nSPS) is 14.3. The van der Waals surface area contributed by atoms with E-state index in [0.717, 1.165) is 6.42 Å². The number of thiophene rings is 2. The van der Waals surface area contributed by atoms with Gasteiger partial charge in [-0.15, -0.1) is 22.7 Å². The molecule has 5 heteroatoms. The molecule has 0 aliphatic rings. The summed E-state index contributed by atoms with van der Waals surface area (Å²) >= 11 is 3.38. The topological polar surface area (TPSA) is 49.3 Å². The first kappa shape index (κ1) is 15.2. The number of carboxylic acid groups (broad SMARTS) is 1. The molecular weight excluding hydrogens is 290 g/mol. The molecule has 2 rings (SSSR count). The Morgan fingerprint density at radius 1 is 1.25 bits per heavy atom. The minimum atomic E-state index is -0.785. The lowest BCUT2D eigenvalue weighted by Crippen LogP contribution is -2.43. The van der Waals surface area contributed by atoms with Gasteiger partial charge < -0.3 is 5.11 Å². The molecule has 0 radical (unpaired) electrons. The van der Waals surface area contributed by atoms with Crippen molar-refractivity contribution in [3.63, 3.8) is 0 Å². The first-order chi connectivity index (χ1) is 9.58. The fourth-order valence-corrected chi connectivity index (χ4v) is 3.67. The van der Waals surface area contributed by atoms with Gasteiger partial charge >= 0.3 is 5.97 Å². The maximum Gasteiger partial charge on any atom is 0.320 e. The third-order valence-electron chi connectivity index (χ3n) is 3.19. The Morgan fingerprint density at radius 2 is 1.95 bits per heavy atom. The molecule has 0 bridgehead atoms. The molecule has 0 fully saturated rings. The van der Waals surface area contributed by atoms with E-state index in [0.29, 0.717) is 0 Å². The number of carboxylic acids is 1. The van der Waals surface area contributed by atoms with Gasteiger partial charge in [0, 0.05) is 22.2 Å². The maximum absolute atomic E-state index is 11.4. The van der Waals surface area contributed by atoms with Gasteiger partial charge in [0.1, 0.15) is 6.04 Å². The summed E-state index contributed by atoms with van der Waals surface area (Å²) in [6.45, 7) is 3.87. The van der Waals surface area contributed by atoms with E-state index in [1.165, 1.54) is 9.75 Å². The summed E-state index contributed by atoms with van der Waals surface area (Å²) < 4.78 is 0. The summed E-state index contributed by atoms with van der Waals surface area (Å²) in [5.74, 6) is -0.731. The molecule has 0 aliphatic carbocycles. The van der Waals surface area contributed by atoms with Gasteiger partial charge in [-0.25, -0.2) is 0 Å². The van der Waals surface area contributed by atoms with Crippen LogP contribution in [0.5, 0.6) is 0 Å². The Hall–Kier alpha value is -1.17. The predicted octanol–water partition coefficient (Wildman–Crippen LogP) is 3.79. The van der Waals surface area contributed by atoms with Crippen molar-refractivity contribution >= 4 is 28.6 Å². The van der Waals surface area contributed by atoms with Gasteiger partial charge in [0.05, 0.1) is 0 Å². The highest BCUT2D eigenvalue weighted by atomic mass is 32.1. The second kappa shape index (κ2) is 7.02. The summed E-state index contributed by atoms with van der Waals surface area (Å²) in [7, 11) is 0.